The number of non-ortho nitro benzene ring substituents is 1. The maximum absolute atomic E-state index is 13.0. The number of amides is 1. The molecular formula is C20H24N4O4. The molecule has 0 saturated carbocycles. The Hall–Kier alpha value is -3.13. The van der Waals surface area contributed by atoms with Crippen LogP contribution in [0.4, 0.5) is 22.7 Å². The van der Waals surface area contributed by atoms with E-state index in [0.717, 1.165) is 24.1 Å². The van der Waals surface area contributed by atoms with Crippen LogP contribution >= 0.6 is 0 Å². The van der Waals surface area contributed by atoms with Crippen LogP contribution in [0.1, 0.15) is 18.9 Å². The van der Waals surface area contributed by atoms with Gasteiger partial charge in [0.1, 0.15) is 0 Å². The number of benzene rings is 2. The van der Waals surface area contributed by atoms with Gasteiger partial charge >= 0.3 is 0 Å². The number of aryl methyl sites for hydroxylation is 1. The molecule has 0 bridgehead atoms. The second-order valence-electron chi connectivity index (χ2n) is 6.77. The zero-order valence-electron chi connectivity index (χ0n) is 15.7. The molecule has 3 rings (SSSR count). The molecule has 2 aromatic carbocycles. The highest BCUT2D eigenvalue weighted by Gasteiger charge is 2.27. The lowest BCUT2D eigenvalue weighted by atomic mass is 9.96. The smallest absolute Gasteiger partial charge is 0.271 e. The first-order valence-corrected chi connectivity index (χ1v) is 9.28. The van der Waals surface area contributed by atoms with Gasteiger partial charge in [0.2, 0.25) is 5.91 Å². The maximum atomic E-state index is 13.0. The number of fused-ring (bicyclic) bond motifs is 1. The van der Waals surface area contributed by atoms with Gasteiger partial charge in [-0.1, -0.05) is 18.2 Å². The van der Waals surface area contributed by atoms with Gasteiger partial charge in [0.25, 0.3) is 5.69 Å². The molecule has 28 heavy (non-hydrogen) atoms. The molecule has 0 saturated heterocycles. The van der Waals surface area contributed by atoms with E-state index in [-0.39, 0.29) is 30.8 Å². The van der Waals surface area contributed by atoms with Gasteiger partial charge in [-0.3, -0.25) is 14.9 Å². The number of hydrogen-bond donors (Lipinski definition) is 3. The van der Waals surface area contributed by atoms with Crippen molar-refractivity contribution in [2.75, 3.05) is 35.2 Å². The normalized spacial score (nSPS) is 15.6. The summed E-state index contributed by atoms with van der Waals surface area (Å²) in [5.41, 5.74) is 3.05. The lowest BCUT2D eigenvalue weighted by Gasteiger charge is -2.35. The van der Waals surface area contributed by atoms with Crippen molar-refractivity contribution in [1.29, 1.82) is 0 Å². The van der Waals surface area contributed by atoms with Crippen LogP contribution in [0.3, 0.4) is 0 Å². The summed E-state index contributed by atoms with van der Waals surface area (Å²) in [6.07, 6.45) is 1.83. The highest BCUT2D eigenvalue weighted by Crippen LogP contribution is 2.31. The molecule has 8 nitrogen and oxygen atoms in total. The van der Waals surface area contributed by atoms with Crippen molar-refractivity contribution in [3.63, 3.8) is 0 Å². The maximum Gasteiger partial charge on any atom is 0.271 e. The molecule has 8 heteroatoms. The fourth-order valence-corrected chi connectivity index (χ4v) is 3.46. The highest BCUT2D eigenvalue weighted by molar-refractivity contribution is 5.98. The topological polar surface area (TPSA) is 108 Å². The molecule has 3 N–H and O–H groups in total. The summed E-state index contributed by atoms with van der Waals surface area (Å²) in [6.45, 7) is 2.26. The predicted molar refractivity (Wildman–Crippen MR) is 109 cm³/mol. The number of nitrogens with one attached hydrogen (secondary N) is 2. The number of nitro benzene ring substituents is 1. The summed E-state index contributed by atoms with van der Waals surface area (Å²) in [4.78, 5) is 25.4. The molecular weight excluding hydrogens is 360 g/mol. The molecule has 1 heterocycles. The molecule has 0 aromatic heterocycles. The van der Waals surface area contributed by atoms with Crippen LogP contribution in [-0.4, -0.2) is 41.7 Å². The number of nitro groups is 1. The fourth-order valence-electron chi connectivity index (χ4n) is 3.46. The Balaban J connectivity index is 1.78. The SMILES string of the molecule is CC1CCc2ccccc2N1C(=O)CNc1cc([N+](=O)[O-])ccc1NCCO. The number of aliphatic hydroxyl groups is 1. The van der Waals surface area contributed by atoms with E-state index in [2.05, 4.69) is 10.6 Å². The summed E-state index contributed by atoms with van der Waals surface area (Å²) >= 11 is 0. The van der Waals surface area contributed by atoms with Crippen LogP contribution in [0.25, 0.3) is 0 Å². The van der Waals surface area contributed by atoms with Gasteiger partial charge in [-0.15, -0.1) is 0 Å². The van der Waals surface area contributed by atoms with Crippen LogP contribution in [0.2, 0.25) is 0 Å². The number of rotatable bonds is 7. The number of nitrogens with zero attached hydrogens (tertiary/aromatic N) is 2. The zero-order chi connectivity index (χ0) is 20.1. The van der Waals surface area contributed by atoms with Gasteiger partial charge in [0.15, 0.2) is 0 Å². The molecule has 1 aliphatic rings. The van der Waals surface area contributed by atoms with Crippen molar-refractivity contribution in [2.45, 2.75) is 25.8 Å². The molecule has 1 amide bonds. The number of aliphatic hydroxyl groups excluding tert-OH is 1. The molecule has 0 radical (unpaired) electrons. The van der Waals surface area contributed by atoms with Gasteiger partial charge < -0.3 is 20.6 Å². The highest BCUT2D eigenvalue weighted by atomic mass is 16.6. The first-order chi connectivity index (χ1) is 13.5. The first-order valence-electron chi connectivity index (χ1n) is 9.28. The van der Waals surface area contributed by atoms with Crippen molar-refractivity contribution in [1.82, 2.24) is 0 Å². The minimum absolute atomic E-state index is 0.00759. The van der Waals surface area contributed by atoms with Gasteiger partial charge in [-0.25, -0.2) is 0 Å². The van der Waals surface area contributed by atoms with Crippen LogP contribution in [-0.2, 0) is 11.2 Å². The summed E-state index contributed by atoms with van der Waals surface area (Å²) in [5, 5.41) is 26.1. The standard InChI is InChI=1S/C20H24N4O4/c1-14-6-7-15-4-2-3-5-19(15)23(14)20(26)13-22-18-12-16(24(27)28)8-9-17(18)21-10-11-25/h2-5,8-9,12,14,21-22,25H,6-7,10-11,13H2,1H3. The van der Waals surface area contributed by atoms with E-state index in [4.69, 9.17) is 5.11 Å². The second-order valence-corrected chi connectivity index (χ2v) is 6.77. The third-order valence-corrected chi connectivity index (χ3v) is 4.86. The van der Waals surface area contributed by atoms with E-state index in [1.807, 2.05) is 31.2 Å². The van der Waals surface area contributed by atoms with Crippen molar-refractivity contribution in [3.05, 3.63) is 58.1 Å². The average Bonchev–Trinajstić information content (AvgIpc) is 2.70. The number of anilines is 3. The van der Waals surface area contributed by atoms with Gasteiger partial charge in [-0.05, 0) is 37.5 Å². The van der Waals surface area contributed by atoms with E-state index < -0.39 is 4.92 Å². The van der Waals surface area contributed by atoms with Gasteiger partial charge in [0.05, 0.1) is 29.4 Å². The summed E-state index contributed by atoms with van der Waals surface area (Å²) in [5.74, 6) is -0.0979. The molecule has 0 fully saturated rings. The number of para-hydroxylation sites is 1. The van der Waals surface area contributed by atoms with Crippen LogP contribution in [0.15, 0.2) is 42.5 Å². The molecule has 2 aromatic rings. The third-order valence-electron chi connectivity index (χ3n) is 4.86. The summed E-state index contributed by atoms with van der Waals surface area (Å²) in [7, 11) is 0. The van der Waals surface area contributed by atoms with E-state index in [0.29, 0.717) is 17.9 Å². The van der Waals surface area contributed by atoms with Crippen molar-refractivity contribution in [2.24, 2.45) is 0 Å². The second kappa shape index (κ2) is 8.71. The van der Waals surface area contributed by atoms with E-state index >= 15 is 0 Å². The number of hydrogen-bond acceptors (Lipinski definition) is 6. The van der Waals surface area contributed by atoms with Crippen molar-refractivity contribution >= 4 is 28.7 Å². The van der Waals surface area contributed by atoms with E-state index in [9.17, 15) is 14.9 Å². The van der Waals surface area contributed by atoms with Crippen LogP contribution in [0, 0.1) is 10.1 Å². The van der Waals surface area contributed by atoms with Crippen LogP contribution in [0.5, 0.6) is 0 Å². The lowest BCUT2D eigenvalue weighted by molar-refractivity contribution is -0.384. The summed E-state index contributed by atoms with van der Waals surface area (Å²) < 4.78 is 0. The average molecular weight is 384 g/mol. The molecule has 148 valence electrons. The molecule has 1 aliphatic heterocycles. The number of carbonyl (C=O) groups excluding carboxylic acids is 1. The quantitative estimate of drug-likeness (QED) is 0.500. The zero-order valence-corrected chi connectivity index (χ0v) is 15.7. The van der Waals surface area contributed by atoms with Gasteiger partial charge in [-0.2, -0.15) is 0 Å². The predicted octanol–water partition coefficient (Wildman–Crippen LogP) is 2.78. The number of carbonyl (C=O) groups is 1. The summed E-state index contributed by atoms with van der Waals surface area (Å²) in [6, 6.07) is 12.3. The Morgan fingerprint density at radius 3 is 2.79 bits per heavy atom. The van der Waals surface area contributed by atoms with Crippen molar-refractivity contribution < 1.29 is 14.8 Å². The largest absolute Gasteiger partial charge is 0.395 e. The fraction of sp³-hybridized carbons (Fsp3) is 0.350. The molecule has 1 atom stereocenters. The third kappa shape index (κ3) is 4.23. The van der Waals surface area contributed by atoms with E-state index in [1.54, 1.807) is 11.0 Å². The monoisotopic (exact) mass is 384 g/mol. The van der Waals surface area contributed by atoms with Gasteiger partial charge in [0, 0.05) is 30.4 Å². The first kappa shape index (κ1) is 19.6. The van der Waals surface area contributed by atoms with E-state index in [1.165, 1.54) is 12.1 Å². The molecule has 0 spiro atoms. The minimum atomic E-state index is -0.480. The molecule has 1 unspecified atom stereocenters. The Morgan fingerprint density at radius 1 is 1.25 bits per heavy atom. The Bertz CT molecular complexity index is 871. The van der Waals surface area contributed by atoms with Crippen LogP contribution < -0.4 is 15.5 Å². The Kier molecular flexibility index (Phi) is 6.10. The minimum Gasteiger partial charge on any atom is -0.395 e. The van der Waals surface area contributed by atoms with Crippen molar-refractivity contribution in [3.8, 4) is 0 Å². The molecule has 0 aliphatic carbocycles. The lowest BCUT2D eigenvalue weighted by Crippen LogP contribution is -2.44. The Labute approximate surface area is 163 Å². The Morgan fingerprint density at radius 2 is 2.04 bits per heavy atom.